The molecule has 0 aromatic heterocycles. The molecule has 0 amide bonds. The molecule has 0 radical (unpaired) electrons. The first-order valence-electron chi connectivity index (χ1n) is 3.57. The highest BCUT2D eigenvalue weighted by Crippen LogP contribution is 2.20. The van der Waals surface area contributed by atoms with Crippen LogP contribution in [0.3, 0.4) is 0 Å². The predicted molar refractivity (Wildman–Crippen MR) is 45.1 cm³/mol. The Morgan fingerprint density at radius 1 is 1.50 bits per heavy atom. The molecule has 0 spiro atoms. The third-order valence-electron chi connectivity index (χ3n) is 1.65. The molecular weight excluding hydrogens is 146 g/mol. The van der Waals surface area contributed by atoms with Crippen molar-refractivity contribution < 1.29 is 4.74 Å². The van der Waals surface area contributed by atoms with Gasteiger partial charge in [-0.2, -0.15) is 0 Å². The van der Waals surface area contributed by atoms with Crippen molar-refractivity contribution in [3.63, 3.8) is 0 Å². The van der Waals surface area contributed by atoms with E-state index in [4.69, 9.17) is 4.74 Å². The molecule has 0 aromatic carbocycles. The average molecular weight is 161 g/mol. The van der Waals surface area contributed by atoms with E-state index in [0.29, 0.717) is 0 Å². The van der Waals surface area contributed by atoms with Crippen LogP contribution in [0.25, 0.3) is 0 Å². The molecule has 0 N–H and O–H groups in total. The van der Waals surface area contributed by atoms with Crippen LogP contribution in [-0.4, -0.2) is 35.9 Å². The van der Waals surface area contributed by atoms with Gasteiger partial charge >= 0.3 is 0 Å². The lowest BCUT2D eigenvalue weighted by atomic mass is 10.1. The number of ether oxygens (including phenoxy) is 1. The highest BCUT2D eigenvalue weighted by atomic mass is 32.2. The molecule has 0 aliphatic carbocycles. The molecular formula is C7H15NOS. The molecule has 60 valence electrons. The topological polar surface area (TPSA) is 12.5 Å². The quantitative estimate of drug-likeness (QED) is 0.539. The van der Waals surface area contributed by atoms with Crippen LogP contribution >= 0.6 is 11.9 Å². The highest BCUT2D eigenvalue weighted by molar-refractivity contribution is 7.96. The van der Waals surface area contributed by atoms with Crippen molar-refractivity contribution in [2.45, 2.75) is 19.4 Å². The van der Waals surface area contributed by atoms with Crippen LogP contribution in [0.2, 0.25) is 0 Å². The van der Waals surface area contributed by atoms with Crippen molar-refractivity contribution in [2.75, 3.05) is 26.0 Å². The molecule has 0 aromatic rings. The minimum atomic E-state index is 0.0568. The predicted octanol–water partition coefficient (Wildman–Crippen LogP) is 1.38. The standard InChI is InChI=1S/C7H15NOS/c1-7(2)6-8(10-3)4-5-9-7/h4-6H2,1-3H3. The molecule has 10 heavy (non-hydrogen) atoms. The molecule has 1 aliphatic heterocycles. The van der Waals surface area contributed by atoms with Gasteiger partial charge in [-0.1, -0.05) is 11.9 Å². The Kier molecular flexibility index (Phi) is 2.61. The van der Waals surface area contributed by atoms with Gasteiger partial charge in [-0.15, -0.1) is 0 Å². The minimum absolute atomic E-state index is 0.0568. The van der Waals surface area contributed by atoms with Crippen molar-refractivity contribution in [3.8, 4) is 0 Å². The molecule has 3 heteroatoms. The van der Waals surface area contributed by atoms with Gasteiger partial charge in [0.2, 0.25) is 0 Å². The maximum absolute atomic E-state index is 5.54. The largest absolute Gasteiger partial charge is 0.373 e. The van der Waals surface area contributed by atoms with Gasteiger partial charge in [0.15, 0.2) is 0 Å². The summed E-state index contributed by atoms with van der Waals surface area (Å²) in [6.45, 7) is 7.23. The lowest BCUT2D eigenvalue weighted by Crippen LogP contribution is -2.45. The van der Waals surface area contributed by atoms with Gasteiger partial charge in [-0.05, 0) is 20.1 Å². The number of hydrogen-bond acceptors (Lipinski definition) is 3. The van der Waals surface area contributed by atoms with Crippen molar-refractivity contribution in [3.05, 3.63) is 0 Å². The second-order valence-electron chi connectivity index (χ2n) is 3.15. The zero-order chi connectivity index (χ0) is 7.61. The van der Waals surface area contributed by atoms with E-state index in [1.165, 1.54) is 0 Å². The third-order valence-corrected chi connectivity index (χ3v) is 2.48. The summed E-state index contributed by atoms with van der Waals surface area (Å²) in [6.07, 6.45) is 2.11. The molecule has 0 atom stereocenters. The Bertz CT molecular complexity index is 116. The summed E-state index contributed by atoms with van der Waals surface area (Å²) < 4.78 is 7.88. The van der Waals surface area contributed by atoms with Gasteiger partial charge < -0.3 is 4.74 Å². The van der Waals surface area contributed by atoms with Crippen molar-refractivity contribution >= 4 is 11.9 Å². The van der Waals surface area contributed by atoms with E-state index in [9.17, 15) is 0 Å². The molecule has 1 heterocycles. The van der Waals surface area contributed by atoms with E-state index in [1.54, 1.807) is 11.9 Å². The Labute approximate surface area is 67.1 Å². The second kappa shape index (κ2) is 3.11. The summed E-state index contributed by atoms with van der Waals surface area (Å²) in [5.74, 6) is 0. The molecule has 1 fully saturated rings. The summed E-state index contributed by atoms with van der Waals surface area (Å²) in [6, 6.07) is 0. The average Bonchev–Trinajstić information content (AvgIpc) is 1.86. The van der Waals surface area contributed by atoms with Crippen molar-refractivity contribution in [1.82, 2.24) is 4.31 Å². The van der Waals surface area contributed by atoms with E-state index in [1.807, 2.05) is 0 Å². The zero-order valence-corrected chi connectivity index (χ0v) is 7.70. The second-order valence-corrected chi connectivity index (χ2v) is 4.04. The van der Waals surface area contributed by atoms with E-state index < -0.39 is 0 Å². The molecule has 1 saturated heterocycles. The Hall–Kier alpha value is 0.270. The number of morpholine rings is 1. The fraction of sp³-hybridized carbons (Fsp3) is 1.00. The SMILES string of the molecule is CSN1CCOC(C)(C)C1. The smallest absolute Gasteiger partial charge is 0.0762 e. The van der Waals surface area contributed by atoms with E-state index in [0.717, 1.165) is 19.7 Å². The number of nitrogens with zero attached hydrogens (tertiary/aromatic N) is 1. The van der Waals surface area contributed by atoms with Crippen LogP contribution < -0.4 is 0 Å². The van der Waals surface area contributed by atoms with Crippen LogP contribution in [-0.2, 0) is 4.74 Å². The maximum atomic E-state index is 5.54. The fourth-order valence-corrected chi connectivity index (χ4v) is 1.83. The Balaban J connectivity index is 2.40. The molecule has 0 unspecified atom stereocenters. The molecule has 1 aliphatic rings. The summed E-state index contributed by atoms with van der Waals surface area (Å²) in [4.78, 5) is 0. The van der Waals surface area contributed by atoms with Crippen LogP contribution in [0.4, 0.5) is 0 Å². The van der Waals surface area contributed by atoms with Gasteiger partial charge in [0.05, 0.1) is 12.2 Å². The van der Waals surface area contributed by atoms with Crippen LogP contribution in [0.1, 0.15) is 13.8 Å². The summed E-state index contributed by atoms with van der Waals surface area (Å²) in [7, 11) is 0. The molecule has 1 rings (SSSR count). The maximum Gasteiger partial charge on any atom is 0.0762 e. The van der Waals surface area contributed by atoms with Gasteiger partial charge in [0, 0.05) is 13.1 Å². The lowest BCUT2D eigenvalue weighted by molar-refractivity contribution is -0.0615. The number of rotatable bonds is 1. The van der Waals surface area contributed by atoms with E-state index >= 15 is 0 Å². The summed E-state index contributed by atoms with van der Waals surface area (Å²) in [5, 5.41) is 0. The monoisotopic (exact) mass is 161 g/mol. The Morgan fingerprint density at radius 2 is 2.20 bits per heavy atom. The van der Waals surface area contributed by atoms with E-state index in [2.05, 4.69) is 24.4 Å². The van der Waals surface area contributed by atoms with Crippen LogP contribution in [0, 0.1) is 0 Å². The number of hydrogen-bond donors (Lipinski definition) is 0. The molecule has 0 saturated carbocycles. The van der Waals surface area contributed by atoms with Crippen LogP contribution in [0.5, 0.6) is 0 Å². The van der Waals surface area contributed by atoms with Gasteiger partial charge in [-0.25, -0.2) is 4.31 Å². The first-order valence-corrected chi connectivity index (χ1v) is 4.75. The summed E-state index contributed by atoms with van der Waals surface area (Å²) >= 11 is 1.80. The third kappa shape index (κ3) is 2.15. The van der Waals surface area contributed by atoms with Crippen molar-refractivity contribution in [1.29, 1.82) is 0 Å². The molecule has 2 nitrogen and oxygen atoms in total. The first kappa shape index (κ1) is 8.37. The van der Waals surface area contributed by atoms with Gasteiger partial charge in [0.25, 0.3) is 0 Å². The van der Waals surface area contributed by atoms with Gasteiger partial charge in [0.1, 0.15) is 0 Å². The molecule has 0 bridgehead atoms. The fourth-order valence-electron chi connectivity index (χ4n) is 1.13. The normalized spacial score (nSPS) is 26.7. The highest BCUT2D eigenvalue weighted by Gasteiger charge is 2.26. The zero-order valence-electron chi connectivity index (χ0n) is 6.89. The summed E-state index contributed by atoms with van der Waals surface area (Å²) in [5.41, 5.74) is 0.0568. The van der Waals surface area contributed by atoms with E-state index in [-0.39, 0.29) is 5.60 Å². The Morgan fingerprint density at radius 3 is 2.60 bits per heavy atom. The first-order chi connectivity index (χ1) is 4.64. The van der Waals surface area contributed by atoms with Crippen molar-refractivity contribution in [2.24, 2.45) is 0 Å². The minimum Gasteiger partial charge on any atom is -0.373 e. The van der Waals surface area contributed by atoms with Crippen LogP contribution in [0.15, 0.2) is 0 Å². The lowest BCUT2D eigenvalue weighted by Gasteiger charge is -2.36. The van der Waals surface area contributed by atoms with Gasteiger partial charge in [-0.3, -0.25) is 0 Å².